The lowest BCUT2D eigenvalue weighted by Crippen LogP contribution is -2.30. The molecule has 0 saturated carbocycles. The molecule has 0 aromatic carbocycles. The van der Waals surface area contributed by atoms with E-state index >= 15 is 0 Å². The van der Waals surface area contributed by atoms with Gasteiger partial charge in [0.25, 0.3) is 0 Å². The third kappa shape index (κ3) is 3.03. The highest BCUT2D eigenvalue weighted by Gasteiger charge is 2.16. The van der Waals surface area contributed by atoms with Crippen molar-refractivity contribution in [1.29, 1.82) is 0 Å². The molecule has 4 nitrogen and oxygen atoms in total. The number of hydrogen-bond acceptors (Lipinski definition) is 3. The van der Waals surface area contributed by atoms with Crippen molar-refractivity contribution < 1.29 is 4.74 Å². The molecule has 0 aliphatic rings. The van der Waals surface area contributed by atoms with Crippen LogP contribution in [0.1, 0.15) is 20.8 Å². The zero-order valence-electron chi connectivity index (χ0n) is 9.16. The second-order valence-electron chi connectivity index (χ2n) is 4.19. The molecule has 0 radical (unpaired) electrons. The number of nitrogens with two attached hydrogens (primary N) is 1. The summed E-state index contributed by atoms with van der Waals surface area (Å²) in [6, 6.07) is 0. The molecule has 0 aliphatic heterocycles. The molecule has 1 aromatic heterocycles. The summed E-state index contributed by atoms with van der Waals surface area (Å²) in [6.45, 7) is 8.31. The van der Waals surface area contributed by atoms with Crippen molar-refractivity contribution in [1.82, 2.24) is 9.78 Å². The van der Waals surface area contributed by atoms with Gasteiger partial charge in [0.05, 0.1) is 19.0 Å². The Labute approximate surface area is 85.0 Å². The average molecular weight is 197 g/mol. The van der Waals surface area contributed by atoms with Crippen LogP contribution in [0.2, 0.25) is 0 Å². The molecule has 1 aromatic rings. The fourth-order valence-corrected chi connectivity index (χ4v) is 0.930. The molecule has 4 heteroatoms. The van der Waals surface area contributed by atoms with Crippen LogP contribution < -0.4 is 10.5 Å². The van der Waals surface area contributed by atoms with E-state index in [0.717, 1.165) is 12.3 Å². The van der Waals surface area contributed by atoms with Crippen LogP contribution in [0.5, 0.6) is 5.75 Å². The number of aryl methyl sites for hydroxylation is 1. The SMILES string of the molecule is CCn1cc(OCC(C)(C)CN)cn1. The zero-order chi connectivity index (χ0) is 10.6. The highest BCUT2D eigenvalue weighted by atomic mass is 16.5. The first kappa shape index (κ1) is 11.0. The maximum atomic E-state index is 5.60. The number of ether oxygens (including phenoxy) is 1. The van der Waals surface area contributed by atoms with Gasteiger partial charge < -0.3 is 10.5 Å². The third-order valence-corrected chi connectivity index (χ3v) is 2.12. The molecule has 2 N–H and O–H groups in total. The van der Waals surface area contributed by atoms with Gasteiger partial charge in [0, 0.05) is 18.5 Å². The van der Waals surface area contributed by atoms with Crippen LogP contribution in [0.4, 0.5) is 0 Å². The van der Waals surface area contributed by atoms with Gasteiger partial charge in [-0.25, -0.2) is 0 Å². The van der Waals surface area contributed by atoms with E-state index in [1.807, 2.05) is 17.8 Å². The molecule has 1 heterocycles. The lowest BCUT2D eigenvalue weighted by molar-refractivity contribution is 0.187. The monoisotopic (exact) mass is 197 g/mol. The fourth-order valence-electron chi connectivity index (χ4n) is 0.930. The van der Waals surface area contributed by atoms with Crippen LogP contribution >= 0.6 is 0 Å². The molecule has 80 valence electrons. The molecular formula is C10H19N3O. The Morgan fingerprint density at radius 3 is 2.79 bits per heavy atom. The molecule has 0 unspecified atom stereocenters. The molecule has 0 saturated heterocycles. The van der Waals surface area contributed by atoms with Crippen LogP contribution in [0, 0.1) is 5.41 Å². The van der Waals surface area contributed by atoms with Crippen molar-refractivity contribution in [2.45, 2.75) is 27.3 Å². The van der Waals surface area contributed by atoms with Gasteiger partial charge in [-0.1, -0.05) is 13.8 Å². The molecule has 0 aliphatic carbocycles. The fraction of sp³-hybridized carbons (Fsp3) is 0.700. The zero-order valence-corrected chi connectivity index (χ0v) is 9.16. The summed E-state index contributed by atoms with van der Waals surface area (Å²) >= 11 is 0. The molecule has 0 amide bonds. The second-order valence-corrected chi connectivity index (χ2v) is 4.19. The standard InChI is InChI=1S/C10H19N3O/c1-4-13-6-9(5-12-13)14-8-10(2,3)7-11/h5-6H,4,7-8,11H2,1-3H3. The summed E-state index contributed by atoms with van der Waals surface area (Å²) in [6.07, 6.45) is 3.63. The maximum absolute atomic E-state index is 5.60. The van der Waals surface area contributed by atoms with Crippen molar-refractivity contribution in [2.24, 2.45) is 11.1 Å². The summed E-state index contributed by atoms with van der Waals surface area (Å²) in [5, 5.41) is 4.12. The smallest absolute Gasteiger partial charge is 0.157 e. The largest absolute Gasteiger partial charge is 0.490 e. The van der Waals surface area contributed by atoms with E-state index in [9.17, 15) is 0 Å². The third-order valence-electron chi connectivity index (χ3n) is 2.12. The van der Waals surface area contributed by atoms with Crippen molar-refractivity contribution >= 4 is 0 Å². The van der Waals surface area contributed by atoms with Gasteiger partial charge in [0.2, 0.25) is 0 Å². The summed E-state index contributed by atoms with van der Waals surface area (Å²) < 4.78 is 7.42. The first-order valence-electron chi connectivity index (χ1n) is 4.93. The van der Waals surface area contributed by atoms with Gasteiger partial charge >= 0.3 is 0 Å². The summed E-state index contributed by atoms with van der Waals surface area (Å²) in [4.78, 5) is 0. The Kier molecular flexibility index (Phi) is 3.52. The van der Waals surface area contributed by atoms with E-state index in [4.69, 9.17) is 10.5 Å². The number of rotatable bonds is 5. The average Bonchev–Trinajstić information content (AvgIpc) is 2.63. The number of hydrogen-bond donors (Lipinski definition) is 1. The van der Waals surface area contributed by atoms with Gasteiger partial charge in [0.15, 0.2) is 5.75 Å². The second kappa shape index (κ2) is 4.46. The quantitative estimate of drug-likeness (QED) is 0.773. The van der Waals surface area contributed by atoms with Crippen molar-refractivity contribution in [2.75, 3.05) is 13.2 Å². The van der Waals surface area contributed by atoms with Gasteiger partial charge in [-0.15, -0.1) is 0 Å². The lowest BCUT2D eigenvalue weighted by Gasteiger charge is -2.21. The van der Waals surface area contributed by atoms with Gasteiger partial charge in [-0.3, -0.25) is 4.68 Å². The van der Waals surface area contributed by atoms with Crippen LogP contribution in [-0.2, 0) is 6.54 Å². The Morgan fingerprint density at radius 2 is 2.29 bits per heavy atom. The minimum absolute atomic E-state index is 0.0221. The van der Waals surface area contributed by atoms with Crippen molar-refractivity contribution in [3.8, 4) is 5.75 Å². The summed E-state index contributed by atoms with van der Waals surface area (Å²) in [5.41, 5.74) is 5.62. The molecule has 0 atom stereocenters. The van der Waals surface area contributed by atoms with E-state index in [2.05, 4.69) is 18.9 Å². The van der Waals surface area contributed by atoms with Crippen LogP contribution in [0.25, 0.3) is 0 Å². The first-order valence-corrected chi connectivity index (χ1v) is 4.93. The van der Waals surface area contributed by atoms with E-state index in [1.165, 1.54) is 0 Å². The minimum Gasteiger partial charge on any atom is -0.490 e. The molecule has 14 heavy (non-hydrogen) atoms. The predicted octanol–water partition coefficient (Wildman–Crippen LogP) is 1.27. The van der Waals surface area contributed by atoms with Crippen molar-refractivity contribution in [3.63, 3.8) is 0 Å². The van der Waals surface area contributed by atoms with Crippen LogP contribution in [-0.4, -0.2) is 22.9 Å². The van der Waals surface area contributed by atoms with Gasteiger partial charge in [-0.2, -0.15) is 5.10 Å². The van der Waals surface area contributed by atoms with E-state index in [-0.39, 0.29) is 5.41 Å². The summed E-state index contributed by atoms with van der Waals surface area (Å²) in [5.74, 6) is 0.813. The molecule has 0 fully saturated rings. The molecule has 0 bridgehead atoms. The molecule has 0 spiro atoms. The highest BCUT2D eigenvalue weighted by Crippen LogP contribution is 2.16. The Balaban J connectivity index is 2.45. The number of nitrogens with zero attached hydrogens (tertiary/aromatic N) is 2. The molecular weight excluding hydrogens is 178 g/mol. The normalized spacial score (nSPS) is 11.7. The van der Waals surface area contributed by atoms with Gasteiger partial charge in [-0.05, 0) is 6.92 Å². The Morgan fingerprint density at radius 1 is 1.57 bits per heavy atom. The van der Waals surface area contributed by atoms with E-state index < -0.39 is 0 Å². The van der Waals surface area contributed by atoms with E-state index in [0.29, 0.717) is 13.2 Å². The highest BCUT2D eigenvalue weighted by molar-refractivity contribution is 5.11. The van der Waals surface area contributed by atoms with Crippen LogP contribution in [0.3, 0.4) is 0 Å². The Bertz CT molecular complexity index is 281. The van der Waals surface area contributed by atoms with Gasteiger partial charge in [0.1, 0.15) is 0 Å². The molecule has 1 rings (SSSR count). The lowest BCUT2D eigenvalue weighted by atomic mass is 9.95. The van der Waals surface area contributed by atoms with Crippen molar-refractivity contribution in [3.05, 3.63) is 12.4 Å². The maximum Gasteiger partial charge on any atom is 0.157 e. The predicted molar refractivity (Wildman–Crippen MR) is 56.2 cm³/mol. The Hall–Kier alpha value is -1.03. The minimum atomic E-state index is 0.0221. The van der Waals surface area contributed by atoms with E-state index in [1.54, 1.807) is 6.20 Å². The first-order chi connectivity index (χ1) is 6.57. The topological polar surface area (TPSA) is 53.1 Å². The van der Waals surface area contributed by atoms with Crippen LogP contribution in [0.15, 0.2) is 12.4 Å². The number of aromatic nitrogens is 2. The summed E-state index contributed by atoms with van der Waals surface area (Å²) in [7, 11) is 0.